The molecule has 0 unspecified atom stereocenters. The molecule has 0 bridgehead atoms. The zero-order valence-electron chi connectivity index (χ0n) is 54.3. The molecule has 0 N–H and O–H groups in total. The lowest BCUT2D eigenvalue weighted by atomic mass is 9.92. The van der Waals surface area contributed by atoms with Crippen molar-refractivity contribution in [3.05, 3.63) is 322 Å². The van der Waals surface area contributed by atoms with Crippen LogP contribution in [0.15, 0.2) is 331 Å². The molecule has 9 aromatic heterocycles. The summed E-state index contributed by atoms with van der Waals surface area (Å²) in [5, 5.41) is 25.7. The largest absolute Gasteiger partial charge is 0.255 e. The summed E-state index contributed by atoms with van der Waals surface area (Å²) in [5.41, 5.74) is 25.4. The lowest BCUT2D eigenvalue weighted by Gasteiger charge is -2.14. The maximum Gasteiger partial charge on any atom is 0.144 e. The van der Waals surface area contributed by atoms with Crippen LogP contribution in [-0.2, 0) is 0 Å². The van der Waals surface area contributed by atoms with Gasteiger partial charge in [0, 0.05) is 88.9 Å². The maximum atomic E-state index is 5.44. The number of rotatable bonds is 10. The van der Waals surface area contributed by atoms with E-state index in [9.17, 15) is 0 Å². The molecule has 0 saturated heterocycles. The van der Waals surface area contributed by atoms with Crippen LogP contribution in [0.1, 0.15) is 0 Å². The molecule has 0 fully saturated rings. The van der Waals surface area contributed by atoms with Crippen molar-refractivity contribution in [2.45, 2.75) is 0 Å². The molecule has 9 heterocycles. The van der Waals surface area contributed by atoms with E-state index in [-0.39, 0.29) is 0 Å². The Morgan fingerprint density at radius 3 is 1.05 bits per heavy atom. The van der Waals surface area contributed by atoms with Gasteiger partial charge in [0.05, 0.1) is 67.6 Å². The van der Waals surface area contributed by atoms with Crippen molar-refractivity contribution in [1.82, 2.24) is 55.5 Å². The molecule has 0 radical (unpaired) electrons. The minimum Gasteiger partial charge on any atom is -0.255 e. The van der Waals surface area contributed by atoms with Crippen LogP contribution in [0.25, 0.3) is 200 Å². The molecule has 11 aromatic carbocycles. The van der Waals surface area contributed by atoms with Gasteiger partial charge in [0.2, 0.25) is 0 Å². The van der Waals surface area contributed by atoms with Gasteiger partial charge >= 0.3 is 0 Å². The molecule has 0 amide bonds. The van der Waals surface area contributed by atoms with E-state index in [4.69, 9.17) is 34.2 Å². The fourth-order valence-corrected chi connectivity index (χ4v) is 14.0. The Balaban J connectivity index is 0.000000142. The average molecular weight is 1310 g/mol. The zero-order valence-corrected chi connectivity index (χ0v) is 54.3. The van der Waals surface area contributed by atoms with E-state index in [1.807, 2.05) is 127 Å². The topological polar surface area (TPSA) is 168 Å². The summed E-state index contributed by atoms with van der Waals surface area (Å²) in [4.78, 5) is 34.9. The van der Waals surface area contributed by atoms with E-state index < -0.39 is 0 Å². The van der Waals surface area contributed by atoms with E-state index in [0.29, 0.717) is 16.6 Å². The van der Waals surface area contributed by atoms with E-state index in [2.05, 4.69) is 213 Å². The molecular weight excluding hydrogens is 1260 g/mol. The quantitative estimate of drug-likeness (QED) is 0.119. The number of nitrogens with zero attached hydrogens (tertiary/aromatic N) is 11. The highest BCUT2D eigenvalue weighted by Gasteiger charge is 2.24. The molecule has 13 heteroatoms. The normalized spacial score (nSPS) is 11.5. The van der Waals surface area contributed by atoms with Crippen molar-refractivity contribution in [2.75, 3.05) is 0 Å². The summed E-state index contributed by atoms with van der Waals surface area (Å²) in [5.74, 6) is 0. The van der Waals surface area contributed by atoms with E-state index in [1.54, 1.807) is 12.4 Å². The Morgan fingerprint density at radius 1 is 0.206 bits per heavy atom. The summed E-state index contributed by atoms with van der Waals surface area (Å²) in [6.45, 7) is 0. The monoisotopic (exact) mass is 1310 g/mol. The number of benzene rings is 11. The molecule has 0 aliphatic heterocycles. The molecule has 102 heavy (non-hydrogen) atoms. The fraction of sp³-hybridized carbons (Fsp3) is 0. The van der Waals surface area contributed by atoms with Gasteiger partial charge in [0.1, 0.15) is 22.1 Å². The molecule has 0 aliphatic carbocycles. The van der Waals surface area contributed by atoms with E-state index >= 15 is 0 Å². The zero-order chi connectivity index (χ0) is 67.5. The molecule has 20 aromatic rings. The lowest BCUT2D eigenvalue weighted by Crippen LogP contribution is -1.94. The van der Waals surface area contributed by atoms with Crippen LogP contribution in [0.3, 0.4) is 0 Å². The van der Waals surface area contributed by atoms with Crippen LogP contribution in [0, 0.1) is 0 Å². The summed E-state index contributed by atoms with van der Waals surface area (Å²) >= 11 is 0. The second-order valence-corrected chi connectivity index (χ2v) is 25.1. The van der Waals surface area contributed by atoms with E-state index in [1.165, 1.54) is 0 Å². The van der Waals surface area contributed by atoms with Crippen LogP contribution < -0.4 is 0 Å². The van der Waals surface area contributed by atoms with E-state index in [0.717, 1.165) is 183 Å². The van der Waals surface area contributed by atoms with Crippen molar-refractivity contribution in [2.24, 2.45) is 0 Å². The number of aromatic nitrogens is 11. The molecule has 0 spiro atoms. The third-order valence-corrected chi connectivity index (χ3v) is 19.0. The highest BCUT2D eigenvalue weighted by Crippen LogP contribution is 2.45. The van der Waals surface area contributed by atoms with Crippen LogP contribution in [-0.4, -0.2) is 55.5 Å². The van der Waals surface area contributed by atoms with Crippen molar-refractivity contribution in [3.63, 3.8) is 0 Å². The Bertz CT molecular complexity index is 6530. The van der Waals surface area contributed by atoms with Crippen LogP contribution in [0.2, 0.25) is 0 Å². The summed E-state index contributed by atoms with van der Waals surface area (Å²) in [7, 11) is 0. The number of hydrogen-bond acceptors (Lipinski definition) is 13. The van der Waals surface area contributed by atoms with Gasteiger partial charge in [-0.3, -0.25) is 9.97 Å². The van der Waals surface area contributed by atoms with Crippen molar-refractivity contribution >= 4 is 87.2 Å². The van der Waals surface area contributed by atoms with Gasteiger partial charge < -0.3 is 0 Å². The molecular formula is C89H53N11O2. The minimum atomic E-state index is 0.702. The smallest absolute Gasteiger partial charge is 0.144 e. The second-order valence-electron chi connectivity index (χ2n) is 25.1. The molecule has 20 rings (SSSR count). The van der Waals surface area contributed by atoms with Crippen LogP contribution in [0.5, 0.6) is 0 Å². The standard InChI is InChI=1S/C46H28N6O.C43H25N5O/c1-3-11-31(12-4-1)35-28-37-43(46-45(35)51-53-52-46)36-25-33(21-22-38(36)50-44(37)32-13-5-2-6-14-32)29-17-19-30(20-18-29)34-26-41(39-15-7-9-23-47-39)49-42(27-34)40-16-8-10-24-48-40;1-4-10-26(11-5-1)32-25-34-38(43-42(32)47-49-48-43)33-24-31(20-23-37(33)46-39(34)28-14-8-3-9-15-28)36-22-19-30-17-16-29-18-21-35(27-12-6-2-7-13-27)44-40(29)41(30)45-36/h1-28H;1-25H. The predicted molar refractivity (Wildman–Crippen MR) is 408 cm³/mol. The van der Waals surface area contributed by atoms with Gasteiger partial charge in [-0.25, -0.2) is 34.2 Å². The Labute approximate surface area is 582 Å². The average Bonchev–Trinajstić information content (AvgIpc) is 1.15. The first-order valence-corrected chi connectivity index (χ1v) is 33.5. The molecule has 13 nitrogen and oxygen atoms in total. The summed E-state index contributed by atoms with van der Waals surface area (Å²) in [6, 6.07) is 106. The molecule has 0 aliphatic rings. The van der Waals surface area contributed by atoms with Gasteiger partial charge in [-0.1, -0.05) is 224 Å². The first kappa shape index (κ1) is 59.1. The maximum absolute atomic E-state index is 5.44. The van der Waals surface area contributed by atoms with Gasteiger partial charge in [0.15, 0.2) is 0 Å². The number of fused-ring (bicyclic) bond motifs is 13. The highest BCUT2D eigenvalue weighted by atomic mass is 16.6. The van der Waals surface area contributed by atoms with Gasteiger partial charge in [-0.05, 0) is 139 Å². The molecule has 476 valence electrons. The first-order valence-electron chi connectivity index (χ1n) is 33.5. The van der Waals surface area contributed by atoms with Gasteiger partial charge in [0.25, 0.3) is 0 Å². The molecule has 0 atom stereocenters. The Hall–Kier alpha value is -14.2. The van der Waals surface area contributed by atoms with Crippen LogP contribution in [0.4, 0.5) is 0 Å². The second kappa shape index (κ2) is 25.0. The number of pyridine rings is 7. The van der Waals surface area contributed by atoms with Gasteiger partial charge in [-0.2, -0.15) is 0 Å². The Morgan fingerprint density at radius 2 is 0.588 bits per heavy atom. The molecule has 0 saturated carbocycles. The predicted octanol–water partition coefficient (Wildman–Crippen LogP) is 21.8. The van der Waals surface area contributed by atoms with Crippen molar-refractivity contribution in [3.8, 4) is 112 Å². The van der Waals surface area contributed by atoms with Gasteiger partial charge in [-0.15, -0.1) is 0 Å². The summed E-state index contributed by atoms with van der Waals surface area (Å²) in [6.07, 6.45) is 3.58. The van der Waals surface area contributed by atoms with Crippen LogP contribution >= 0.6 is 0 Å². The highest BCUT2D eigenvalue weighted by molar-refractivity contribution is 6.25. The minimum absolute atomic E-state index is 0.702. The first-order chi connectivity index (χ1) is 50.5. The SMILES string of the molecule is c1ccc(-c2ccc3ccc4ccc(-c5ccc6nc(-c7ccccc7)c7cc(-c8ccccc8)c8nonc8c7c6c5)nc4c3n2)cc1.c1ccc(-c2nc3ccc(-c4ccc(-c5cc(-c6ccccn6)nc(-c6ccccn6)c5)cc4)cc3c3c2cc(-c2ccccc2)c2nonc23)cc1. The van der Waals surface area contributed by atoms with Crippen molar-refractivity contribution < 1.29 is 9.26 Å². The third kappa shape index (κ3) is 10.6. The fourth-order valence-electron chi connectivity index (χ4n) is 14.0. The van der Waals surface area contributed by atoms with Crippen molar-refractivity contribution in [1.29, 1.82) is 0 Å². The Kier molecular flexibility index (Phi) is 14.5. The summed E-state index contributed by atoms with van der Waals surface area (Å²) < 4.78 is 10.9. The third-order valence-electron chi connectivity index (χ3n) is 19.0. The lowest BCUT2D eigenvalue weighted by molar-refractivity contribution is 0.316. The number of hydrogen-bond donors (Lipinski definition) is 0.